The van der Waals surface area contributed by atoms with Crippen molar-refractivity contribution in [1.29, 1.82) is 5.26 Å². The Hall–Kier alpha value is -2.21. The van der Waals surface area contributed by atoms with Gasteiger partial charge in [-0.3, -0.25) is 4.79 Å². The highest BCUT2D eigenvalue weighted by Crippen LogP contribution is 2.36. The van der Waals surface area contributed by atoms with E-state index in [4.69, 9.17) is 5.26 Å². The lowest BCUT2D eigenvalue weighted by Gasteiger charge is -2.29. The normalized spacial score (nSPS) is 15.3. The summed E-state index contributed by atoms with van der Waals surface area (Å²) in [5.74, 6) is -0.110. The Morgan fingerprint density at radius 3 is 2.21 bits per heavy atom. The molecule has 0 saturated carbocycles. The quantitative estimate of drug-likeness (QED) is 0.555. The zero-order chi connectivity index (χ0) is 18.9. The van der Waals surface area contributed by atoms with E-state index in [0.717, 1.165) is 24.0 Å². The van der Waals surface area contributed by atoms with Crippen LogP contribution < -0.4 is 0 Å². The van der Waals surface area contributed by atoms with Crippen molar-refractivity contribution in [2.75, 3.05) is 0 Å². The number of Topliss-reactive ketones (excluding diaryl/α,β-unsaturated/α-hetero) is 1. The zero-order valence-corrected chi connectivity index (χ0v) is 15.7. The highest BCUT2D eigenvalue weighted by molar-refractivity contribution is 5.96. The molecule has 0 heterocycles. The Morgan fingerprint density at radius 2 is 1.79 bits per heavy atom. The van der Waals surface area contributed by atoms with Gasteiger partial charge in [-0.25, -0.2) is 4.39 Å². The van der Waals surface area contributed by atoms with E-state index in [9.17, 15) is 9.18 Å². The summed E-state index contributed by atoms with van der Waals surface area (Å²) in [7, 11) is 0. The van der Waals surface area contributed by atoms with Crippen LogP contribution in [-0.4, -0.2) is 5.78 Å². The first-order valence-corrected chi connectivity index (χ1v) is 8.00. The highest BCUT2D eigenvalue weighted by Gasteiger charge is 2.28. The van der Waals surface area contributed by atoms with E-state index >= 15 is 0 Å². The Kier molecular flexibility index (Phi) is 8.92. The molecule has 3 heteroatoms. The molecule has 0 spiro atoms. The van der Waals surface area contributed by atoms with E-state index in [-0.39, 0.29) is 11.0 Å². The number of benzene rings is 1. The number of nitrogens with zero attached hydrogens (tertiary/aromatic N) is 1. The van der Waals surface area contributed by atoms with Gasteiger partial charge < -0.3 is 0 Å². The van der Waals surface area contributed by atoms with Crippen molar-refractivity contribution >= 4 is 5.78 Å². The van der Waals surface area contributed by atoms with Gasteiger partial charge in [0.05, 0.1) is 5.56 Å². The maximum atomic E-state index is 12.6. The van der Waals surface area contributed by atoms with Crippen LogP contribution in [0.2, 0.25) is 0 Å². The van der Waals surface area contributed by atoms with Crippen LogP contribution in [-0.2, 0) is 4.79 Å². The van der Waals surface area contributed by atoms with Gasteiger partial charge in [0.15, 0.2) is 5.78 Å². The number of carbonyl (C=O) groups is 1. The standard InChI is InChI=1S/C10H16O.C8H6FN.C3H6/c1-7-5-10(3,4)6-9(11)8(7)2;1-6-2-3-7(5-10)8(9)4-6;1-3-2/h5-6H2,1-4H3;2-4H,1H3;3H,1H2,2H3. The smallest absolute Gasteiger partial charge is 0.159 e. The molecule has 0 atom stereocenters. The Morgan fingerprint density at radius 1 is 1.25 bits per heavy atom. The third kappa shape index (κ3) is 7.37. The highest BCUT2D eigenvalue weighted by atomic mass is 19.1. The first kappa shape index (κ1) is 21.8. The number of nitriles is 1. The Bertz CT molecular complexity index is 663. The second-order valence-electron chi connectivity index (χ2n) is 6.85. The molecular formula is C21H28FNO. The maximum absolute atomic E-state index is 12.6. The largest absolute Gasteiger partial charge is 0.295 e. The number of halogens is 1. The summed E-state index contributed by atoms with van der Waals surface area (Å²) in [5, 5.41) is 8.32. The number of rotatable bonds is 0. The molecule has 0 aromatic heterocycles. The maximum Gasteiger partial charge on any atom is 0.159 e. The molecule has 2 nitrogen and oxygen atoms in total. The van der Waals surface area contributed by atoms with Crippen LogP contribution in [0.1, 0.15) is 58.6 Å². The minimum atomic E-state index is -0.442. The van der Waals surface area contributed by atoms with Crippen molar-refractivity contribution in [3.63, 3.8) is 0 Å². The molecule has 0 amide bonds. The topological polar surface area (TPSA) is 40.9 Å². The van der Waals surface area contributed by atoms with Crippen LogP contribution in [0.4, 0.5) is 4.39 Å². The first-order valence-electron chi connectivity index (χ1n) is 8.00. The molecule has 1 aliphatic rings. The molecule has 0 N–H and O–H groups in total. The number of carbonyl (C=O) groups excluding carboxylic acids is 1. The molecule has 2 rings (SSSR count). The first-order chi connectivity index (χ1) is 11.1. The molecule has 0 aliphatic heterocycles. The van der Waals surface area contributed by atoms with Gasteiger partial charge in [0.2, 0.25) is 0 Å². The van der Waals surface area contributed by atoms with Crippen molar-refractivity contribution in [3.05, 3.63) is 58.9 Å². The Balaban J connectivity index is 0.000000381. The van der Waals surface area contributed by atoms with E-state index in [0.29, 0.717) is 5.78 Å². The molecule has 130 valence electrons. The second kappa shape index (κ2) is 9.82. The van der Waals surface area contributed by atoms with E-state index in [1.54, 1.807) is 25.1 Å². The molecule has 0 saturated heterocycles. The SMILES string of the molecule is C=CC.CC1=C(C)C(=O)CC(C)(C)C1.Cc1ccc(C#N)c(F)c1. The van der Waals surface area contributed by atoms with Gasteiger partial charge in [-0.05, 0) is 62.8 Å². The lowest BCUT2D eigenvalue weighted by Crippen LogP contribution is -2.23. The number of hydrogen-bond acceptors (Lipinski definition) is 2. The van der Waals surface area contributed by atoms with Crippen LogP contribution in [0.25, 0.3) is 0 Å². The van der Waals surface area contributed by atoms with Crippen molar-refractivity contribution in [2.45, 2.75) is 54.4 Å². The lowest BCUT2D eigenvalue weighted by molar-refractivity contribution is -0.118. The van der Waals surface area contributed by atoms with Gasteiger partial charge in [-0.1, -0.05) is 31.6 Å². The van der Waals surface area contributed by atoms with Crippen molar-refractivity contribution in [1.82, 2.24) is 0 Å². The molecule has 24 heavy (non-hydrogen) atoms. The summed E-state index contributed by atoms with van der Waals surface area (Å²) >= 11 is 0. The fourth-order valence-electron chi connectivity index (χ4n) is 2.43. The van der Waals surface area contributed by atoms with Gasteiger partial charge in [0, 0.05) is 6.42 Å². The molecule has 0 fully saturated rings. The monoisotopic (exact) mass is 329 g/mol. The summed E-state index contributed by atoms with van der Waals surface area (Å²) in [5.41, 5.74) is 3.39. The molecular weight excluding hydrogens is 301 g/mol. The van der Waals surface area contributed by atoms with Gasteiger partial charge >= 0.3 is 0 Å². The van der Waals surface area contributed by atoms with Crippen LogP contribution in [0.3, 0.4) is 0 Å². The zero-order valence-electron chi connectivity index (χ0n) is 15.7. The third-order valence-electron chi connectivity index (χ3n) is 3.69. The van der Waals surface area contributed by atoms with Crippen molar-refractivity contribution < 1.29 is 9.18 Å². The minimum Gasteiger partial charge on any atom is -0.295 e. The summed E-state index contributed by atoms with van der Waals surface area (Å²) in [6.07, 6.45) is 3.54. The van der Waals surface area contributed by atoms with Gasteiger partial charge in [0.1, 0.15) is 11.9 Å². The van der Waals surface area contributed by atoms with E-state index in [1.807, 2.05) is 13.8 Å². The van der Waals surface area contributed by atoms with Crippen molar-refractivity contribution in [3.8, 4) is 6.07 Å². The number of hydrogen-bond donors (Lipinski definition) is 0. The fourth-order valence-corrected chi connectivity index (χ4v) is 2.43. The molecule has 1 aliphatic carbocycles. The van der Waals surface area contributed by atoms with Crippen LogP contribution in [0, 0.1) is 29.5 Å². The van der Waals surface area contributed by atoms with Crippen molar-refractivity contribution in [2.24, 2.45) is 5.41 Å². The van der Waals surface area contributed by atoms with Crippen LogP contribution in [0.15, 0.2) is 42.0 Å². The summed E-state index contributed by atoms with van der Waals surface area (Å²) in [6.45, 7) is 15.3. The predicted molar refractivity (Wildman–Crippen MR) is 98.1 cm³/mol. The number of ketones is 1. The number of aryl methyl sites for hydroxylation is 1. The number of allylic oxidation sites excluding steroid dienone is 3. The molecule has 0 unspecified atom stereocenters. The molecule has 1 aromatic rings. The summed E-state index contributed by atoms with van der Waals surface area (Å²) in [4.78, 5) is 11.4. The minimum absolute atomic E-state index is 0.102. The molecule has 1 aromatic carbocycles. The second-order valence-corrected chi connectivity index (χ2v) is 6.85. The van der Waals surface area contributed by atoms with Gasteiger partial charge in [-0.2, -0.15) is 5.26 Å². The molecule has 0 bridgehead atoms. The van der Waals surface area contributed by atoms with E-state index in [2.05, 4.69) is 27.4 Å². The van der Waals surface area contributed by atoms with E-state index < -0.39 is 5.82 Å². The average molecular weight is 329 g/mol. The van der Waals surface area contributed by atoms with E-state index in [1.165, 1.54) is 17.7 Å². The van der Waals surface area contributed by atoms with Crippen LogP contribution >= 0.6 is 0 Å². The van der Waals surface area contributed by atoms with Gasteiger partial charge in [-0.15, -0.1) is 6.58 Å². The van der Waals surface area contributed by atoms with Gasteiger partial charge in [0.25, 0.3) is 0 Å². The molecule has 0 radical (unpaired) electrons. The summed E-state index contributed by atoms with van der Waals surface area (Å²) < 4.78 is 12.6. The third-order valence-corrected chi connectivity index (χ3v) is 3.69. The Labute approximate surface area is 145 Å². The van der Waals surface area contributed by atoms with Crippen LogP contribution in [0.5, 0.6) is 0 Å². The summed E-state index contributed by atoms with van der Waals surface area (Å²) in [6, 6.07) is 6.28. The average Bonchev–Trinajstić information content (AvgIpc) is 2.45. The fraction of sp³-hybridized carbons (Fsp3) is 0.429. The predicted octanol–water partition coefficient (Wildman–Crippen LogP) is 5.91. The lowest BCUT2D eigenvalue weighted by atomic mass is 9.74.